The number of benzene rings is 1. The van der Waals surface area contributed by atoms with Crippen molar-refractivity contribution in [2.45, 2.75) is 46.3 Å². The fourth-order valence-electron chi connectivity index (χ4n) is 2.21. The summed E-state index contributed by atoms with van der Waals surface area (Å²) >= 11 is 3.30. The molecule has 0 radical (unpaired) electrons. The normalized spacial score (nSPS) is 12.0. The first kappa shape index (κ1) is 22.6. The third-order valence-electron chi connectivity index (χ3n) is 3.32. The average Bonchev–Trinajstić information content (AvgIpc) is 2.53. The second-order valence-electron chi connectivity index (χ2n) is 6.83. The number of nitrogens with zero attached hydrogens (tertiary/aromatic N) is 1. The van der Waals surface area contributed by atoms with Crippen LogP contribution >= 0.6 is 15.9 Å². The van der Waals surface area contributed by atoms with E-state index in [1.54, 1.807) is 45.9 Å². The predicted octanol–water partition coefficient (Wildman–Crippen LogP) is 3.93. The number of amides is 1. The highest BCUT2D eigenvalue weighted by Crippen LogP contribution is 2.26. The number of nitrogens with one attached hydrogen (secondary N) is 3. The molecule has 1 amide bonds. The predicted molar refractivity (Wildman–Crippen MR) is 108 cm³/mol. The number of rotatable bonds is 4. The second kappa shape index (κ2) is 8.98. The molecule has 0 fully saturated rings. The zero-order valence-electron chi connectivity index (χ0n) is 16.3. The standard InChI is InChI=1S/C18H25BrN4O4/c1-10(22-17(25)27-18(3,4)5)15(21)23(11(2)20)14-8-7-12(19)9-13(14)16(24)26-6/h7-10,20-21H,1-6H3,(H,22,25)/t10-/m1/s1. The third kappa shape index (κ3) is 6.35. The molecule has 0 aliphatic heterocycles. The Hall–Kier alpha value is -2.42. The highest BCUT2D eigenvalue weighted by molar-refractivity contribution is 9.10. The third-order valence-corrected chi connectivity index (χ3v) is 3.82. The molecule has 1 aromatic rings. The maximum absolute atomic E-state index is 12.1. The number of halogens is 1. The quantitative estimate of drug-likeness (QED) is 0.372. The van der Waals surface area contributed by atoms with Crippen molar-refractivity contribution in [2.75, 3.05) is 12.0 Å². The van der Waals surface area contributed by atoms with E-state index in [1.165, 1.54) is 18.9 Å². The van der Waals surface area contributed by atoms with Gasteiger partial charge in [0, 0.05) is 4.47 Å². The lowest BCUT2D eigenvalue weighted by molar-refractivity contribution is 0.0519. The fourth-order valence-corrected chi connectivity index (χ4v) is 2.58. The van der Waals surface area contributed by atoms with E-state index >= 15 is 0 Å². The van der Waals surface area contributed by atoms with Crippen LogP contribution in [0.1, 0.15) is 45.0 Å². The van der Waals surface area contributed by atoms with Crippen LogP contribution in [0.15, 0.2) is 22.7 Å². The summed E-state index contributed by atoms with van der Waals surface area (Å²) in [4.78, 5) is 25.4. The summed E-state index contributed by atoms with van der Waals surface area (Å²) < 4.78 is 10.7. The van der Waals surface area contributed by atoms with Crippen molar-refractivity contribution in [1.29, 1.82) is 10.8 Å². The summed E-state index contributed by atoms with van der Waals surface area (Å²) in [5, 5.41) is 19.1. The molecule has 148 valence electrons. The highest BCUT2D eigenvalue weighted by atomic mass is 79.9. The molecule has 0 aliphatic rings. The number of ether oxygens (including phenoxy) is 2. The van der Waals surface area contributed by atoms with E-state index in [0.29, 0.717) is 10.2 Å². The van der Waals surface area contributed by atoms with Crippen LogP contribution in [-0.2, 0) is 9.47 Å². The number of methoxy groups -OCH3 is 1. The van der Waals surface area contributed by atoms with E-state index in [2.05, 4.69) is 21.2 Å². The van der Waals surface area contributed by atoms with Gasteiger partial charge in [0.2, 0.25) is 0 Å². The van der Waals surface area contributed by atoms with E-state index in [4.69, 9.17) is 20.3 Å². The molecule has 0 bridgehead atoms. The smallest absolute Gasteiger partial charge is 0.408 e. The molecule has 0 saturated carbocycles. The minimum atomic E-state index is -0.769. The van der Waals surface area contributed by atoms with Gasteiger partial charge in [-0.15, -0.1) is 0 Å². The van der Waals surface area contributed by atoms with Crippen molar-refractivity contribution in [3.8, 4) is 0 Å². The Bertz CT molecular complexity index is 758. The van der Waals surface area contributed by atoms with Crippen molar-refractivity contribution < 1.29 is 19.1 Å². The number of esters is 1. The summed E-state index contributed by atoms with van der Waals surface area (Å²) in [6.07, 6.45) is -0.675. The molecule has 3 N–H and O–H groups in total. The van der Waals surface area contributed by atoms with Crippen molar-refractivity contribution in [3.63, 3.8) is 0 Å². The zero-order chi connectivity index (χ0) is 20.9. The Morgan fingerprint density at radius 1 is 1.26 bits per heavy atom. The molecule has 1 atom stereocenters. The number of hydrogen-bond donors (Lipinski definition) is 3. The van der Waals surface area contributed by atoms with Crippen molar-refractivity contribution in [2.24, 2.45) is 0 Å². The van der Waals surface area contributed by atoms with E-state index in [1.807, 2.05) is 0 Å². The van der Waals surface area contributed by atoms with Gasteiger partial charge in [-0.25, -0.2) is 9.59 Å². The van der Waals surface area contributed by atoms with Gasteiger partial charge in [-0.1, -0.05) is 15.9 Å². The van der Waals surface area contributed by atoms with Crippen molar-refractivity contribution in [3.05, 3.63) is 28.2 Å². The summed E-state index contributed by atoms with van der Waals surface area (Å²) in [6.45, 7) is 8.29. The lowest BCUT2D eigenvalue weighted by Crippen LogP contribution is -2.49. The maximum Gasteiger partial charge on any atom is 0.408 e. The van der Waals surface area contributed by atoms with Crippen LogP contribution in [0.2, 0.25) is 0 Å². The van der Waals surface area contributed by atoms with Crippen molar-refractivity contribution >= 4 is 45.4 Å². The number of anilines is 1. The van der Waals surface area contributed by atoms with Crippen LogP contribution in [0.25, 0.3) is 0 Å². The number of hydrogen-bond acceptors (Lipinski definition) is 6. The van der Waals surface area contributed by atoms with Gasteiger partial charge in [0.25, 0.3) is 0 Å². The molecule has 0 aliphatic carbocycles. The van der Waals surface area contributed by atoms with Crippen LogP contribution in [0.4, 0.5) is 10.5 Å². The Labute approximate surface area is 167 Å². The molecule has 1 aromatic carbocycles. The van der Waals surface area contributed by atoms with Gasteiger partial charge in [0.1, 0.15) is 17.3 Å². The first-order valence-electron chi connectivity index (χ1n) is 8.18. The van der Waals surface area contributed by atoms with Gasteiger partial charge < -0.3 is 14.8 Å². The first-order valence-corrected chi connectivity index (χ1v) is 8.97. The van der Waals surface area contributed by atoms with E-state index in [-0.39, 0.29) is 17.2 Å². The Morgan fingerprint density at radius 2 is 1.85 bits per heavy atom. The minimum Gasteiger partial charge on any atom is -0.465 e. The zero-order valence-corrected chi connectivity index (χ0v) is 17.9. The number of carbonyl (C=O) groups is 2. The molecule has 27 heavy (non-hydrogen) atoms. The van der Waals surface area contributed by atoms with Crippen LogP contribution in [0.5, 0.6) is 0 Å². The topological polar surface area (TPSA) is 116 Å². The summed E-state index contributed by atoms with van der Waals surface area (Å²) in [5.74, 6) is -0.691. The molecule has 0 saturated heterocycles. The SMILES string of the molecule is COC(=O)c1cc(Br)ccc1N(C(C)=N)C(=N)[C@@H](C)NC(=O)OC(C)(C)C. The average molecular weight is 441 g/mol. The molecule has 0 aromatic heterocycles. The van der Waals surface area contributed by atoms with Crippen LogP contribution in [0, 0.1) is 10.8 Å². The number of carbonyl (C=O) groups excluding carboxylic acids is 2. The van der Waals surface area contributed by atoms with Gasteiger partial charge >= 0.3 is 12.1 Å². The molecule has 8 nitrogen and oxygen atoms in total. The number of amidine groups is 2. The molecule has 0 heterocycles. The monoisotopic (exact) mass is 440 g/mol. The van der Waals surface area contributed by atoms with Crippen LogP contribution < -0.4 is 10.2 Å². The fraction of sp³-hybridized carbons (Fsp3) is 0.444. The van der Waals surface area contributed by atoms with E-state index in [9.17, 15) is 9.59 Å². The number of alkyl carbamates (subject to hydrolysis) is 1. The van der Waals surface area contributed by atoms with Crippen LogP contribution in [0.3, 0.4) is 0 Å². The molecule has 0 spiro atoms. The lowest BCUT2D eigenvalue weighted by Gasteiger charge is -2.30. The summed E-state index contributed by atoms with van der Waals surface area (Å²) in [7, 11) is 1.26. The minimum absolute atomic E-state index is 0.00492. The van der Waals surface area contributed by atoms with E-state index in [0.717, 1.165) is 0 Å². The first-order chi connectivity index (χ1) is 12.4. The molecule has 0 unspecified atom stereocenters. The van der Waals surface area contributed by atoms with Gasteiger partial charge in [-0.05, 0) is 52.8 Å². The molecule has 9 heteroatoms. The van der Waals surface area contributed by atoms with Gasteiger partial charge in [-0.3, -0.25) is 15.7 Å². The maximum atomic E-state index is 12.1. The highest BCUT2D eigenvalue weighted by Gasteiger charge is 2.27. The Balaban J connectivity index is 3.19. The second-order valence-corrected chi connectivity index (χ2v) is 7.74. The van der Waals surface area contributed by atoms with E-state index < -0.39 is 23.7 Å². The van der Waals surface area contributed by atoms with Gasteiger partial charge in [-0.2, -0.15) is 0 Å². The van der Waals surface area contributed by atoms with Crippen molar-refractivity contribution in [1.82, 2.24) is 5.32 Å². The Morgan fingerprint density at radius 3 is 2.33 bits per heavy atom. The lowest BCUT2D eigenvalue weighted by atomic mass is 10.1. The van der Waals surface area contributed by atoms with Crippen LogP contribution in [-0.4, -0.2) is 42.5 Å². The molecular weight excluding hydrogens is 416 g/mol. The largest absolute Gasteiger partial charge is 0.465 e. The molecule has 1 rings (SSSR count). The summed E-state index contributed by atoms with van der Waals surface area (Å²) in [5.41, 5.74) is -0.180. The molecular formula is C18H25BrN4O4. The van der Waals surface area contributed by atoms with Gasteiger partial charge in [0.05, 0.1) is 24.4 Å². The Kier molecular flexibility index (Phi) is 7.53. The summed E-state index contributed by atoms with van der Waals surface area (Å²) in [6, 6.07) is 4.07. The van der Waals surface area contributed by atoms with Gasteiger partial charge in [0.15, 0.2) is 0 Å².